The summed E-state index contributed by atoms with van der Waals surface area (Å²) in [6, 6.07) is 16.2. The van der Waals surface area contributed by atoms with E-state index in [-0.39, 0.29) is 30.1 Å². The molecule has 3 amide bonds. The minimum Gasteiger partial charge on any atom is -0.326 e. The Morgan fingerprint density at radius 3 is 2.16 bits per heavy atom. The van der Waals surface area contributed by atoms with E-state index in [0.29, 0.717) is 17.9 Å². The number of rotatable bonds is 4. The van der Waals surface area contributed by atoms with Gasteiger partial charge < -0.3 is 15.5 Å². The van der Waals surface area contributed by atoms with Crippen molar-refractivity contribution in [1.82, 2.24) is 0 Å². The molecule has 0 bridgehead atoms. The molecular weight excluding hydrogens is 318 g/mol. The lowest BCUT2D eigenvalue weighted by molar-refractivity contribution is -0.122. The molecule has 6 heteroatoms. The largest absolute Gasteiger partial charge is 0.326 e. The van der Waals surface area contributed by atoms with Gasteiger partial charge in [-0.25, -0.2) is 0 Å². The summed E-state index contributed by atoms with van der Waals surface area (Å²) in [6.45, 7) is 1.81. The van der Waals surface area contributed by atoms with Gasteiger partial charge in [-0.05, 0) is 36.4 Å². The summed E-state index contributed by atoms with van der Waals surface area (Å²) in [7, 11) is 0. The first-order valence-corrected chi connectivity index (χ1v) is 8.07. The van der Waals surface area contributed by atoms with Crippen LogP contribution < -0.4 is 15.5 Å². The molecule has 128 valence electrons. The Balaban J connectivity index is 1.62. The van der Waals surface area contributed by atoms with Gasteiger partial charge in [-0.3, -0.25) is 14.4 Å². The highest BCUT2D eigenvalue weighted by molar-refractivity contribution is 6.03. The lowest BCUT2D eigenvalue weighted by atomic mass is 10.1. The predicted molar refractivity (Wildman–Crippen MR) is 96.3 cm³/mol. The number of hydrogen-bond acceptors (Lipinski definition) is 3. The minimum atomic E-state index is -0.386. The van der Waals surface area contributed by atoms with Crippen molar-refractivity contribution < 1.29 is 14.4 Å². The smallest absolute Gasteiger partial charge is 0.229 e. The molecule has 3 rings (SSSR count). The Morgan fingerprint density at radius 1 is 0.960 bits per heavy atom. The normalized spacial score (nSPS) is 16.6. The summed E-state index contributed by atoms with van der Waals surface area (Å²) in [5, 5.41) is 5.49. The molecule has 25 heavy (non-hydrogen) atoms. The minimum absolute atomic E-state index is 0.0487. The average Bonchev–Trinajstić information content (AvgIpc) is 2.99. The molecule has 2 aromatic carbocycles. The van der Waals surface area contributed by atoms with Crippen LogP contribution in [0.1, 0.15) is 13.3 Å². The Bertz CT molecular complexity index is 787. The fourth-order valence-electron chi connectivity index (χ4n) is 2.83. The van der Waals surface area contributed by atoms with Crippen molar-refractivity contribution in [2.24, 2.45) is 5.92 Å². The van der Waals surface area contributed by atoms with Crippen LogP contribution in [0.3, 0.4) is 0 Å². The molecule has 6 nitrogen and oxygen atoms in total. The number of benzene rings is 2. The number of nitrogens with one attached hydrogen (secondary N) is 2. The summed E-state index contributed by atoms with van der Waals surface area (Å²) < 4.78 is 0. The van der Waals surface area contributed by atoms with Gasteiger partial charge in [0.2, 0.25) is 17.7 Å². The van der Waals surface area contributed by atoms with Gasteiger partial charge >= 0.3 is 0 Å². The van der Waals surface area contributed by atoms with Crippen LogP contribution in [0.25, 0.3) is 0 Å². The molecule has 0 radical (unpaired) electrons. The molecule has 0 aromatic heterocycles. The van der Waals surface area contributed by atoms with Crippen LogP contribution in [0.4, 0.5) is 17.1 Å². The highest BCUT2D eigenvalue weighted by Gasteiger charge is 2.35. The molecule has 0 spiro atoms. The predicted octanol–water partition coefficient (Wildman–Crippen LogP) is 2.64. The van der Waals surface area contributed by atoms with Gasteiger partial charge in [0, 0.05) is 37.0 Å². The highest BCUT2D eigenvalue weighted by Crippen LogP contribution is 2.26. The van der Waals surface area contributed by atoms with Crippen molar-refractivity contribution >= 4 is 34.8 Å². The molecule has 1 heterocycles. The average molecular weight is 337 g/mol. The van der Waals surface area contributed by atoms with Crippen molar-refractivity contribution in [2.45, 2.75) is 13.3 Å². The maximum Gasteiger partial charge on any atom is 0.229 e. The molecule has 2 N–H and O–H groups in total. The van der Waals surface area contributed by atoms with Crippen molar-refractivity contribution in [3.05, 3.63) is 54.6 Å². The van der Waals surface area contributed by atoms with Gasteiger partial charge in [0.1, 0.15) is 0 Å². The van der Waals surface area contributed by atoms with Crippen LogP contribution in [-0.4, -0.2) is 24.3 Å². The van der Waals surface area contributed by atoms with Gasteiger partial charge in [0.15, 0.2) is 0 Å². The Kier molecular flexibility index (Phi) is 4.79. The third-order valence-corrected chi connectivity index (χ3v) is 4.04. The first-order chi connectivity index (χ1) is 12.0. The summed E-state index contributed by atoms with van der Waals surface area (Å²) in [5.41, 5.74) is 2.10. The van der Waals surface area contributed by atoms with E-state index in [1.807, 2.05) is 30.3 Å². The lowest BCUT2D eigenvalue weighted by Gasteiger charge is -2.16. The topological polar surface area (TPSA) is 78.5 Å². The fraction of sp³-hybridized carbons (Fsp3) is 0.211. The quantitative estimate of drug-likeness (QED) is 0.900. The third-order valence-electron chi connectivity index (χ3n) is 4.04. The zero-order valence-corrected chi connectivity index (χ0v) is 13.9. The second-order valence-corrected chi connectivity index (χ2v) is 5.99. The van der Waals surface area contributed by atoms with E-state index in [9.17, 15) is 14.4 Å². The van der Waals surface area contributed by atoms with Crippen LogP contribution in [0.15, 0.2) is 54.6 Å². The summed E-state index contributed by atoms with van der Waals surface area (Å²) >= 11 is 0. The standard InChI is InChI=1S/C19H19N3O3/c1-13(23)20-15-7-9-16(10-8-15)21-19(25)14-11-18(24)22(12-14)17-5-3-2-4-6-17/h2-10,14H,11-12H2,1H3,(H,20,23)(H,21,25)/t14-/m1/s1. The van der Waals surface area contributed by atoms with E-state index in [4.69, 9.17) is 0 Å². The molecule has 0 unspecified atom stereocenters. The number of anilines is 3. The molecule has 1 fully saturated rings. The first kappa shape index (κ1) is 16.7. The monoisotopic (exact) mass is 337 g/mol. The zero-order valence-electron chi connectivity index (χ0n) is 13.9. The SMILES string of the molecule is CC(=O)Nc1ccc(NC(=O)[C@@H]2CC(=O)N(c3ccccc3)C2)cc1. The van der Waals surface area contributed by atoms with Crippen molar-refractivity contribution in [3.8, 4) is 0 Å². The van der Waals surface area contributed by atoms with Gasteiger partial charge in [-0.1, -0.05) is 18.2 Å². The van der Waals surface area contributed by atoms with Crippen LogP contribution in [-0.2, 0) is 14.4 Å². The third kappa shape index (κ3) is 4.03. The highest BCUT2D eigenvalue weighted by atomic mass is 16.2. The van der Waals surface area contributed by atoms with Crippen molar-refractivity contribution in [1.29, 1.82) is 0 Å². The molecule has 1 atom stereocenters. The molecule has 1 aliphatic rings. The number of carbonyl (C=O) groups is 3. The van der Waals surface area contributed by atoms with Crippen LogP contribution in [0.2, 0.25) is 0 Å². The van der Waals surface area contributed by atoms with Gasteiger partial charge in [0.25, 0.3) is 0 Å². The summed E-state index contributed by atoms with van der Waals surface area (Å²) in [4.78, 5) is 37.3. The van der Waals surface area contributed by atoms with E-state index in [1.54, 1.807) is 29.2 Å². The van der Waals surface area contributed by atoms with E-state index in [2.05, 4.69) is 10.6 Å². The molecule has 1 saturated heterocycles. The molecule has 2 aromatic rings. The van der Waals surface area contributed by atoms with Gasteiger partial charge in [-0.2, -0.15) is 0 Å². The van der Waals surface area contributed by atoms with Crippen molar-refractivity contribution in [3.63, 3.8) is 0 Å². The number of amides is 3. The van der Waals surface area contributed by atoms with Crippen LogP contribution in [0.5, 0.6) is 0 Å². The Labute approximate surface area is 145 Å². The molecule has 1 aliphatic heterocycles. The van der Waals surface area contributed by atoms with E-state index in [0.717, 1.165) is 5.69 Å². The fourth-order valence-corrected chi connectivity index (χ4v) is 2.83. The van der Waals surface area contributed by atoms with Crippen LogP contribution >= 0.6 is 0 Å². The second-order valence-electron chi connectivity index (χ2n) is 5.99. The van der Waals surface area contributed by atoms with Crippen LogP contribution in [0, 0.1) is 5.92 Å². The maximum atomic E-state index is 12.4. The summed E-state index contributed by atoms with van der Waals surface area (Å²) in [6.07, 6.45) is 0.199. The molecule has 0 aliphatic carbocycles. The first-order valence-electron chi connectivity index (χ1n) is 8.07. The Morgan fingerprint density at radius 2 is 1.56 bits per heavy atom. The van der Waals surface area contributed by atoms with Crippen molar-refractivity contribution in [2.75, 3.05) is 22.1 Å². The van der Waals surface area contributed by atoms with Gasteiger partial charge in [-0.15, -0.1) is 0 Å². The second kappa shape index (κ2) is 7.17. The zero-order chi connectivity index (χ0) is 17.8. The van der Waals surface area contributed by atoms with E-state index < -0.39 is 0 Å². The van der Waals surface area contributed by atoms with Gasteiger partial charge in [0.05, 0.1) is 5.92 Å². The number of carbonyl (C=O) groups excluding carboxylic acids is 3. The van der Waals surface area contributed by atoms with E-state index >= 15 is 0 Å². The van der Waals surface area contributed by atoms with E-state index in [1.165, 1.54) is 6.92 Å². The maximum absolute atomic E-state index is 12.4. The number of nitrogens with zero attached hydrogens (tertiary/aromatic N) is 1. The number of hydrogen-bond donors (Lipinski definition) is 2. The molecular formula is C19H19N3O3. The summed E-state index contributed by atoms with van der Waals surface area (Å²) in [5.74, 6) is -0.767. The Hall–Kier alpha value is -3.15. The number of para-hydroxylation sites is 1. The lowest BCUT2D eigenvalue weighted by Crippen LogP contribution is -2.28. The molecule has 0 saturated carbocycles.